The molecule has 0 unspecified atom stereocenters. The van der Waals surface area contributed by atoms with Crippen LogP contribution in [0.4, 0.5) is 13.2 Å². The molecule has 2 nitrogen and oxygen atoms in total. The van der Waals surface area contributed by atoms with Gasteiger partial charge in [-0.15, -0.1) is 0 Å². The third-order valence-corrected chi connectivity index (χ3v) is 3.12. The van der Waals surface area contributed by atoms with Crippen molar-refractivity contribution in [3.8, 4) is 5.69 Å². The Hall–Kier alpha value is -1.78. The van der Waals surface area contributed by atoms with Gasteiger partial charge in [0.15, 0.2) is 0 Å². The maximum atomic E-state index is 12.9. The molecule has 0 fully saturated rings. The molecule has 1 aromatic heterocycles. The Morgan fingerprint density at radius 1 is 1.10 bits per heavy atom. The average Bonchev–Trinajstić information content (AvgIpc) is 2.72. The summed E-state index contributed by atoms with van der Waals surface area (Å²) in [4.78, 5) is 4.09. The maximum absolute atomic E-state index is 12.9. The fourth-order valence-electron chi connectivity index (χ4n) is 2.11. The molecule has 1 heterocycles. The van der Waals surface area contributed by atoms with E-state index in [9.17, 15) is 13.2 Å². The van der Waals surface area contributed by atoms with Gasteiger partial charge in [-0.05, 0) is 30.0 Å². The molecule has 0 saturated carbocycles. The summed E-state index contributed by atoms with van der Waals surface area (Å²) in [5, 5.41) is 0. The predicted molar refractivity (Wildman–Crippen MR) is 72.0 cm³/mol. The Kier molecular flexibility index (Phi) is 3.40. The Morgan fingerprint density at radius 3 is 2.20 bits per heavy atom. The molecule has 0 amide bonds. The summed E-state index contributed by atoms with van der Waals surface area (Å²) < 4.78 is 40.3. The topological polar surface area (TPSA) is 17.8 Å². The second-order valence-electron chi connectivity index (χ2n) is 5.90. The number of imidazole rings is 1. The second-order valence-corrected chi connectivity index (χ2v) is 5.90. The monoisotopic (exact) mass is 282 g/mol. The molecule has 108 valence electrons. The number of hydrogen-bond donors (Lipinski definition) is 0. The van der Waals surface area contributed by atoms with Crippen LogP contribution in [0.15, 0.2) is 30.7 Å². The summed E-state index contributed by atoms with van der Waals surface area (Å²) in [5.74, 6) is 0. The fraction of sp³-hybridized carbons (Fsp3) is 0.400. The molecule has 0 aliphatic heterocycles. The van der Waals surface area contributed by atoms with Gasteiger partial charge in [-0.2, -0.15) is 13.2 Å². The van der Waals surface area contributed by atoms with Crippen molar-refractivity contribution in [2.24, 2.45) is 0 Å². The van der Waals surface area contributed by atoms with Crippen LogP contribution in [0.2, 0.25) is 0 Å². The van der Waals surface area contributed by atoms with Gasteiger partial charge < -0.3 is 4.57 Å². The molecule has 2 aromatic rings. The first-order chi connectivity index (χ1) is 9.09. The molecule has 2 rings (SSSR count). The van der Waals surface area contributed by atoms with Crippen molar-refractivity contribution in [2.45, 2.75) is 39.3 Å². The van der Waals surface area contributed by atoms with E-state index in [2.05, 4.69) is 4.98 Å². The van der Waals surface area contributed by atoms with E-state index in [1.165, 1.54) is 6.07 Å². The largest absolute Gasteiger partial charge is 0.416 e. The molecule has 5 heteroatoms. The van der Waals surface area contributed by atoms with Crippen LogP contribution in [0.3, 0.4) is 0 Å². The number of benzene rings is 1. The number of aryl methyl sites for hydroxylation is 1. The van der Waals surface area contributed by atoms with Crippen LogP contribution in [0.1, 0.15) is 37.6 Å². The standard InChI is InChI=1S/C15H17F3N2/c1-10-8-20(9-19-10)13-7-11(15(16,17)18)5-6-12(13)14(2,3)4/h5-9H,1-4H3. The Labute approximate surface area is 116 Å². The van der Waals surface area contributed by atoms with Crippen molar-refractivity contribution < 1.29 is 13.2 Å². The van der Waals surface area contributed by atoms with Crippen molar-refractivity contribution in [3.05, 3.63) is 47.5 Å². The quantitative estimate of drug-likeness (QED) is 0.753. The highest BCUT2D eigenvalue weighted by Gasteiger charge is 2.32. The van der Waals surface area contributed by atoms with Crippen molar-refractivity contribution in [2.75, 3.05) is 0 Å². The Bertz CT molecular complexity index is 619. The molecule has 1 aromatic carbocycles. The maximum Gasteiger partial charge on any atom is 0.416 e. The van der Waals surface area contributed by atoms with Crippen LogP contribution in [0.25, 0.3) is 5.69 Å². The highest BCUT2D eigenvalue weighted by molar-refractivity contribution is 5.48. The third-order valence-electron chi connectivity index (χ3n) is 3.12. The minimum atomic E-state index is -4.35. The number of nitrogens with zero attached hydrogens (tertiary/aromatic N) is 2. The number of halogens is 3. The Balaban J connectivity index is 2.66. The van der Waals surface area contributed by atoms with Gasteiger partial charge >= 0.3 is 6.18 Å². The molecule has 0 bridgehead atoms. The van der Waals surface area contributed by atoms with E-state index in [1.54, 1.807) is 30.1 Å². The van der Waals surface area contributed by atoms with E-state index in [1.807, 2.05) is 20.8 Å². The predicted octanol–water partition coefficient (Wildman–Crippen LogP) is 4.50. The number of aromatic nitrogens is 2. The van der Waals surface area contributed by atoms with Gasteiger partial charge in [-0.25, -0.2) is 4.98 Å². The van der Waals surface area contributed by atoms with Crippen molar-refractivity contribution in [1.29, 1.82) is 0 Å². The van der Waals surface area contributed by atoms with E-state index in [0.717, 1.165) is 17.3 Å². The SMILES string of the molecule is Cc1cn(-c2cc(C(F)(F)F)ccc2C(C)(C)C)cn1. The molecule has 0 aliphatic rings. The van der Waals surface area contributed by atoms with Gasteiger partial charge in [0, 0.05) is 6.20 Å². The zero-order valence-corrected chi connectivity index (χ0v) is 11.9. The molecule has 0 atom stereocenters. The first-order valence-electron chi connectivity index (χ1n) is 6.32. The lowest BCUT2D eigenvalue weighted by Gasteiger charge is -2.24. The van der Waals surface area contributed by atoms with Crippen LogP contribution < -0.4 is 0 Å². The minimum Gasteiger partial charge on any atom is -0.306 e. The fourth-order valence-corrected chi connectivity index (χ4v) is 2.11. The lowest BCUT2D eigenvalue weighted by molar-refractivity contribution is -0.137. The van der Waals surface area contributed by atoms with E-state index in [4.69, 9.17) is 0 Å². The molecule has 0 aliphatic carbocycles. The number of rotatable bonds is 1. The average molecular weight is 282 g/mol. The van der Waals surface area contributed by atoms with Crippen LogP contribution in [-0.2, 0) is 11.6 Å². The van der Waals surface area contributed by atoms with Gasteiger partial charge in [-0.1, -0.05) is 26.8 Å². The summed E-state index contributed by atoms with van der Waals surface area (Å²) >= 11 is 0. The second kappa shape index (κ2) is 4.65. The van der Waals surface area contributed by atoms with Crippen molar-refractivity contribution in [3.63, 3.8) is 0 Å². The van der Waals surface area contributed by atoms with Crippen molar-refractivity contribution >= 4 is 0 Å². The first-order valence-corrected chi connectivity index (χ1v) is 6.32. The molecule has 0 radical (unpaired) electrons. The third kappa shape index (κ3) is 2.86. The summed E-state index contributed by atoms with van der Waals surface area (Å²) in [6.07, 6.45) is -1.08. The lowest BCUT2D eigenvalue weighted by atomic mass is 9.85. The van der Waals surface area contributed by atoms with Crippen LogP contribution in [0, 0.1) is 6.92 Å². The van der Waals surface area contributed by atoms with Gasteiger partial charge in [0.05, 0.1) is 23.3 Å². The zero-order chi connectivity index (χ0) is 15.1. The van der Waals surface area contributed by atoms with Gasteiger partial charge in [0.25, 0.3) is 0 Å². The molecule has 0 saturated heterocycles. The molecule has 0 N–H and O–H groups in total. The summed E-state index contributed by atoms with van der Waals surface area (Å²) in [6.45, 7) is 7.73. The number of alkyl halides is 3. The van der Waals surface area contributed by atoms with Crippen molar-refractivity contribution in [1.82, 2.24) is 9.55 Å². The van der Waals surface area contributed by atoms with Crippen LogP contribution in [0.5, 0.6) is 0 Å². The summed E-state index contributed by atoms with van der Waals surface area (Å²) in [7, 11) is 0. The summed E-state index contributed by atoms with van der Waals surface area (Å²) in [5.41, 5.74) is 1.24. The Morgan fingerprint density at radius 2 is 1.75 bits per heavy atom. The smallest absolute Gasteiger partial charge is 0.306 e. The minimum absolute atomic E-state index is 0.252. The molecular weight excluding hydrogens is 265 g/mol. The van der Waals surface area contributed by atoms with E-state index in [0.29, 0.717) is 5.69 Å². The summed E-state index contributed by atoms with van der Waals surface area (Å²) in [6, 6.07) is 3.86. The van der Waals surface area contributed by atoms with Gasteiger partial charge in [0.1, 0.15) is 0 Å². The molecule has 0 spiro atoms. The van der Waals surface area contributed by atoms with Gasteiger partial charge in [-0.3, -0.25) is 0 Å². The van der Waals surface area contributed by atoms with Gasteiger partial charge in [0.2, 0.25) is 0 Å². The zero-order valence-electron chi connectivity index (χ0n) is 11.9. The highest BCUT2D eigenvalue weighted by atomic mass is 19.4. The normalized spacial score (nSPS) is 12.8. The highest BCUT2D eigenvalue weighted by Crippen LogP contribution is 2.35. The van der Waals surface area contributed by atoms with E-state index >= 15 is 0 Å². The molecule has 20 heavy (non-hydrogen) atoms. The first kappa shape index (κ1) is 14.6. The molecular formula is C15H17F3N2. The van der Waals surface area contributed by atoms with E-state index in [-0.39, 0.29) is 5.41 Å². The van der Waals surface area contributed by atoms with Crippen LogP contribution in [-0.4, -0.2) is 9.55 Å². The number of hydrogen-bond acceptors (Lipinski definition) is 1. The van der Waals surface area contributed by atoms with Crippen LogP contribution >= 0.6 is 0 Å². The lowest BCUT2D eigenvalue weighted by Crippen LogP contribution is -2.16. The van der Waals surface area contributed by atoms with E-state index < -0.39 is 11.7 Å².